The molecule has 0 aliphatic rings. The minimum Gasteiger partial charge on any atom is -0.493 e. The normalized spacial score (nSPS) is 10.5. The van der Waals surface area contributed by atoms with Crippen LogP contribution in [-0.4, -0.2) is 47.3 Å². The highest BCUT2D eigenvalue weighted by Crippen LogP contribution is 2.38. The van der Waals surface area contributed by atoms with Crippen molar-refractivity contribution in [1.82, 2.24) is 10.2 Å². The van der Waals surface area contributed by atoms with Crippen LogP contribution >= 0.6 is 0 Å². The highest BCUT2D eigenvalue weighted by atomic mass is 16.6. The first kappa shape index (κ1) is 25.6. The van der Waals surface area contributed by atoms with E-state index in [1.165, 1.54) is 33.5 Å². The Morgan fingerprint density at radius 1 is 0.789 bits per heavy atom. The summed E-state index contributed by atoms with van der Waals surface area (Å²) >= 11 is 0. The molecule has 4 rings (SSSR count). The molecular formula is C24H19N5O9. The van der Waals surface area contributed by atoms with Crippen LogP contribution in [0.4, 0.5) is 17.1 Å². The van der Waals surface area contributed by atoms with Crippen molar-refractivity contribution in [1.29, 1.82) is 0 Å². The summed E-state index contributed by atoms with van der Waals surface area (Å²) in [4.78, 5) is 33.6. The number of hydrogen-bond acceptors (Lipinski definition) is 11. The molecule has 0 spiro atoms. The van der Waals surface area contributed by atoms with Gasteiger partial charge in [0.15, 0.2) is 11.5 Å². The van der Waals surface area contributed by atoms with Crippen molar-refractivity contribution in [3.05, 3.63) is 80.4 Å². The van der Waals surface area contributed by atoms with E-state index in [0.717, 1.165) is 18.2 Å². The molecule has 4 aromatic rings. The summed E-state index contributed by atoms with van der Waals surface area (Å²) in [5, 5.41) is 32.8. The number of amides is 1. The summed E-state index contributed by atoms with van der Waals surface area (Å²) in [6, 6.07) is 12.5. The maximum absolute atomic E-state index is 12.8. The molecule has 1 N–H and O–H groups in total. The van der Waals surface area contributed by atoms with E-state index in [-0.39, 0.29) is 22.9 Å². The molecule has 0 radical (unpaired) electrons. The summed E-state index contributed by atoms with van der Waals surface area (Å²) in [5.74, 6) is 0.518. The lowest BCUT2D eigenvalue weighted by molar-refractivity contribution is -0.394. The number of aromatic nitrogens is 2. The Labute approximate surface area is 214 Å². The van der Waals surface area contributed by atoms with E-state index in [0.29, 0.717) is 28.5 Å². The first-order valence-corrected chi connectivity index (χ1v) is 10.7. The summed E-state index contributed by atoms with van der Waals surface area (Å²) < 4.78 is 21.4. The van der Waals surface area contributed by atoms with Crippen LogP contribution in [0.1, 0.15) is 10.4 Å². The third-order valence-electron chi connectivity index (χ3n) is 5.31. The number of nitro groups is 2. The van der Waals surface area contributed by atoms with Gasteiger partial charge in [-0.2, -0.15) is 0 Å². The van der Waals surface area contributed by atoms with Crippen LogP contribution in [0.25, 0.3) is 22.9 Å². The smallest absolute Gasteiger partial charge is 0.277 e. The highest BCUT2D eigenvalue weighted by molar-refractivity contribution is 6.05. The molecule has 0 saturated carbocycles. The van der Waals surface area contributed by atoms with E-state index in [9.17, 15) is 25.0 Å². The Hall–Kier alpha value is -5.53. The zero-order valence-corrected chi connectivity index (χ0v) is 20.2. The maximum Gasteiger partial charge on any atom is 0.277 e. The van der Waals surface area contributed by atoms with Gasteiger partial charge in [0.25, 0.3) is 17.3 Å². The number of rotatable bonds is 9. The van der Waals surface area contributed by atoms with Gasteiger partial charge in [-0.25, -0.2) is 0 Å². The fourth-order valence-corrected chi connectivity index (χ4v) is 3.50. The average Bonchev–Trinajstić information content (AvgIpc) is 3.42. The van der Waals surface area contributed by atoms with Crippen LogP contribution in [-0.2, 0) is 0 Å². The van der Waals surface area contributed by atoms with Gasteiger partial charge in [0.2, 0.25) is 17.5 Å². The Bertz CT molecular complexity index is 1480. The molecule has 0 atom stereocenters. The molecule has 14 heteroatoms. The number of nitrogens with one attached hydrogen (secondary N) is 1. The maximum atomic E-state index is 12.8. The van der Waals surface area contributed by atoms with E-state index in [1.807, 2.05) is 0 Å². The third-order valence-corrected chi connectivity index (χ3v) is 5.31. The first-order chi connectivity index (χ1) is 18.2. The van der Waals surface area contributed by atoms with Gasteiger partial charge in [0.1, 0.15) is 0 Å². The molecule has 0 aliphatic carbocycles. The topological polar surface area (TPSA) is 182 Å². The van der Waals surface area contributed by atoms with Gasteiger partial charge in [0.05, 0.1) is 42.8 Å². The minimum atomic E-state index is -0.751. The molecule has 0 bridgehead atoms. The third kappa shape index (κ3) is 5.18. The molecule has 1 amide bonds. The first-order valence-electron chi connectivity index (χ1n) is 10.7. The fraction of sp³-hybridized carbons (Fsp3) is 0.125. The second kappa shape index (κ2) is 10.6. The standard InChI is InChI=1S/C24H19N5O9/c1-35-19-10-14(11-20(36-2)21(19)37-3)22(30)25-16-6-4-13(5-7-16)23-26-27-24(38-23)15-8-17(28(31)32)12-18(9-15)29(33)34/h4-12H,1-3H3,(H,25,30). The number of benzene rings is 3. The summed E-state index contributed by atoms with van der Waals surface area (Å²) in [5.41, 5.74) is 0.272. The molecule has 1 aromatic heterocycles. The number of carbonyl (C=O) groups is 1. The van der Waals surface area contributed by atoms with Crippen LogP contribution < -0.4 is 19.5 Å². The summed E-state index contributed by atoms with van der Waals surface area (Å²) in [6.07, 6.45) is 0. The number of anilines is 1. The molecule has 0 saturated heterocycles. The van der Waals surface area contributed by atoms with Gasteiger partial charge in [-0.3, -0.25) is 25.0 Å². The Balaban J connectivity index is 1.54. The SMILES string of the molecule is COc1cc(C(=O)Nc2ccc(-c3nnc(-c4cc([N+](=O)[O-])cc([N+](=O)[O-])c4)o3)cc2)cc(OC)c1OC. The number of ether oxygens (including phenoxy) is 3. The van der Waals surface area contributed by atoms with Crippen molar-refractivity contribution in [3.63, 3.8) is 0 Å². The summed E-state index contributed by atoms with van der Waals surface area (Å²) in [7, 11) is 4.35. The second-order valence-electron chi connectivity index (χ2n) is 7.61. The molecule has 0 fully saturated rings. The Morgan fingerprint density at radius 3 is 1.79 bits per heavy atom. The molecule has 14 nitrogen and oxygen atoms in total. The predicted molar refractivity (Wildman–Crippen MR) is 133 cm³/mol. The zero-order chi connectivity index (χ0) is 27.4. The van der Waals surface area contributed by atoms with Gasteiger partial charge in [0, 0.05) is 28.9 Å². The average molecular weight is 521 g/mol. The van der Waals surface area contributed by atoms with E-state index in [4.69, 9.17) is 18.6 Å². The van der Waals surface area contributed by atoms with Crippen molar-refractivity contribution in [2.75, 3.05) is 26.6 Å². The Kier molecular flexibility index (Phi) is 7.14. The van der Waals surface area contributed by atoms with E-state index in [2.05, 4.69) is 15.5 Å². The Morgan fingerprint density at radius 2 is 1.32 bits per heavy atom. The van der Waals surface area contributed by atoms with Crippen molar-refractivity contribution in [2.24, 2.45) is 0 Å². The van der Waals surface area contributed by atoms with Gasteiger partial charge in [-0.05, 0) is 36.4 Å². The number of methoxy groups -OCH3 is 3. The van der Waals surface area contributed by atoms with Crippen LogP contribution in [0.2, 0.25) is 0 Å². The number of nitrogens with zero attached hydrogens (tertiary/aromatic N) is 4. The molecule has 38 heavy (non-hydrogen) atoms. The lowest BCUT2D eigenvalue weighted by Gasteiger charge is -2.14. The lowest BCUT2D eigenvalue weighted by atomic mass is 10.1. The van der Waals surface area contributed by atoms with Crippen molar-refractivity contribution < 1.29 is 33.3 Å². The molecule has 194 valence electrons. The predicted octanol–water partition coefficient (Wildman–Crippen LogP) is 4.50. The van der Waals surface area contributed by atoms with E-state index in [1.54, 1.807) is 24.3 Å². The van der Waals surface area contributed by atoms with E-state index < -0.39 is 27.1 Å². The van der Waals surface area contributed by atoms with Crippen LogP contribution in [0.5, 0.6) is 17.2 Å². The zero-order valence-electron chi connectivity index (χ0n) is 20.2. The van der Waals surface area contributed by atoms with Gasteiger partial charge >= 0.3 is 0 Å². The van der Waals surface area contributed by atoms with Gasteiger partial charge in [-0.1, -0.05) is 0 Å². The van der Waals surface area contributed by atoms with Crippen molar-refractivity contribution in [3.8, 4) is 40.2 Å². The highest BCUT2D eigenvalue weighted by Gasteiger charge is 2.21. The number of non-ortho nitro benzene ring substituents is 2. The number of hydrogen-bond donors (Lipinski definition) is 1. The molecule has 0 unspecified atom stereocenters. The van der Waals surface area contributed by atoms with Crippen LogP contribution in [0.3, 0.4) is 0 Å². The van der Waals surface area contributed by atoms with Crippen LogP contribution in [0.15, 0.2) is 59.0 Å². The molecule has 0 aliphatic heterocycles. The minimum absolute atomic E-state index is 0.0267. The van der Waals surface area contributed by atoms with Crippen molar-refractivity contribution >= 4 is 23.0 Å². The fourth-order valence-electron chi connectivity index (χ4n) is 3.50. The lowest BCUT2D eigenvalue weighted by Crippen LogP contribution is -2.12. The number of nitro benzene ring substituents is 2. The monoisotopic (exact) mass is 521 g/mol. The van der Waals surface area contributed by atoms with Crippen molar-refractivity contribution in [2.45, 2.75) is 0 Å². The van der Waals surface area contributed by atoms with E-state index >= 15 is 0 Å². The summed E-state index contributed by atoms with van der Waals surface area (Å²) in [6.45, 7) is 0. The van der Waals surface area contributed by atoms with Crippen LogP contribution in [0, 0.1) is 20.2 Å². The number of carbonyl (C=O) groups excluding carboxylic acids is 1. The quantitative estimate of drug-likeness (QED) is 0.242. The molecule has 1 heterocycles. The second-order valence-corrected chi connectivity index (χ2v) is 7.61. The van der Waals surface area contributed by atoms with Gasteiger partial charge < -0.3 is 23.9 Å². The largest absolute Gasteiger partial charge is 0.493 e. The van der Waals surface area contributed by atoms with Gasteiger partial charge in [-0.15, -0.1) is 10.2 Å². The molecular weight excluding hydrogens is 502 g/mol. The molecule has 3 aromatic carbocycles.